The van der Waals surface area contributed by atoms with Crippen molar-refractivity contribution >= 4 is 5.91 Å². The molecule has 1 aliphatic rings. The van der Waals surface area contributed by atoms with E-state index >= 15 is 0 Å². The van der Waals surface area contributed by atoms with Gasteiger partial charge in [0.1, 0.15) is 5.75 Å². The second-order valence-corrected chi connectivity index (χ2v) is 6.40. The first-order valence-corrected chi connectivity index (χ1v) is 8.77. The minimum Gasteiger partial charge on any atom is -0.496 e. The van der Waals surface area contributed by atoms with Crippen molar-refractivity contribution in [2.24, 2.45) is 0 Å². The minimum atomic E-state index is -0.0769. The SMILES string of the molecule is COc1ccccc1CNC(=O)c1ccc(C)nc1C1CCNCC1. The zero-order valence-electron chi connectivity index (χ0n) is 14.8. The lowest BCUT2D eigenvalue weighted by Gasteiger charge is -2.24. The molecule has 2 heterocycles. The van der Waals surface area contributed by atoms with E-state index in [1.165, 1.54) is 0 Å². The van der Waals surface area contributed by atoms with Crippen LogP contribution in [0.1, 0.15) is 46.1 Å². The van der Waals surface area contributed by atoms with E-state index in [2.05, 4.69) is 10.6 Å². The first kappa shape index (κ1) is 17.4. The average Bonchev–Trinajstić information content (AvgIpc) is 2.67. The van der Waals surface area contributed by atoms with Gasteiger partial charge in [-0.05, 0) is 51.1 Å². The Morgan fingerprint density at radius 2 is 2.00 bits per heavy atom. The molecular formula is C20H25N3O2. The van der Waals surface area contributed by atoms with Gasteiger partial charge in [0.2, 0.25) is 0 Å². The van der Waals surface area contributed by atoms with Crippen molar-refractivity contribution in [2.45, 2.75) is 32.2 Å². The number of methoxy groups -OCH3 is 1. The number of carbonyl (C=O) groups is 1. The third-order valence-corrected chi connectivity index (χ3v) is 4.67. The number of piperidine rings is 1. The largest absolute Gasteiger partial charge is 0.496 e. The monoisotopic (exact) mass is 339 g/mol. The molecule has 1 aromatic carbocycles. The summed E-state index contributed by atoms with van der Waals surface area (Å²) in [6, 6.07) is 11.5. The van der Waals surface area contributed by atoms with Crippen LogP contribution >= 0.6 is 0 Å². The molecule has 0 bridgehead atoms. The highest BCUT2D eigenvalue weighted by molar-refractivity contribution is 5.95. The van der Waals surface area contributed by atoms with Crippen LogP contribution < -0.4 is 15.4 Å². The number of nitrogens with zero attached hydrogens (tertiary/aromatic N) is 1. The molecule has 3 rings (SSSR count). The molecule has 0 radical (unpaired) electrons. The van der Waals surface area contributed by atoms with E-state index in [4.69, 9.17) is 9.72 Å². The van der Waals surface area contributed by atoms with Gasteiger partial charge in [0.05, 0.1) is 18.4 Å². The molecule has 1 saturated heterocycles. The standard InChI is InChI=1S/C20H25N3O2/c1-14-7-8-17(19(23-14)15-9-11-21-12-10-15)20(24)22-13-16-5-3-4-6-18(16)25-2/h3-8,15,21H,9-13H2,1-2H3,(H,22,24). The minimum absolute atomic E-state index is 0.0769. The van der Waals surface area contributed by atoms with Crippen molar-refractivity contribution in [3.8, 4) is 5.75 Å². The Labute approximate surface area is 148 Å². The van der Waals surface area contributed by atoms with Crippen molar-refractivity contribution in [2.75, 3.05) is 20.2 Å². The molecule has 1 fully saturated rings. The number of hydrogen-bond donors (Lipinski definition) is 2. The molecular weight excluding hydrogens is 314 g/mol. The number of benzene rings is 1. The molecule has 1 aromatic heterocycles. The average molecular weight is 339 g/mol. The van der Waals surface area contributed by atoms with E-state index in [1.54, 1.807) is 7.11 Å². The lowest BCUT2D eigenvalue weighted by Crippen LogP contribution is -2.30. The molecule has 2 N–H and O–H groups in total. The lowest BCUT2D eigenvalue weighted by molar-refractivity contribution is 0.0948. The van der Waals surface area contributed by atoms with Gasteiger partial charge in [0.15, 0.2) is 0 Å². The molecule has 1 aliphatic heterocycles. The lowest BCUT2D eigenvalue weighted by atomic mass is 9.90. The normalized spacial score (nSPS) is 15.0. The highest BCUT2D eigenvalue weighted by Crippen LogP contribution is 2.27. The Morgan fingerprint density at radius 3 is 2.76 bits per heavy atom. The second kappa shape index (κ2) is 8.12. The Hall–Kier alpha value is -2.40. The fourth-order valence-corrected chi connectivity index (χ4v) is 3.30. The van der Waals surface area contributed by atoms with Gasteiger partial charge in [-0.1, -0.05) is 18.2 Å². The first-order chi connectivity index (χ1) is 12.2. The molecule has 5 nitrogen and oxygen atoms in total. The van der Waals surface area contributed by atoms with E-state index in [1.807, 2.05) is 43.3 Å². The maximum Gasteiger partial charge on any atom is 0.253 e. The van der Waals surface area contributed by atoms with Crippen LogP contribution in [-0.4, -0.2) is 31.1 Å². The predicted octanol–water partition coefficient (Wildman–Crippen LogP) is 2.80. The highest BCUT2D eigenvalue weighted by atomic mass is 16.5. The summed E-state index contributed by atoms with van der Waals surface area (Å²) in [5.74, 6) is 1.04. The summed E-state index contributed by atoms with van der Waals surface area (Å²) in [5.41, 5.74) is 3.53. The van der Waals surface area contributed by atoms with Crippen LogP contribution in [0.3, 0.4) is 0 Å². The van der Waals surface area contributed by atoms with E-state index in [0.717, 1.165) is 48.6 Å². The first-order valence-electron chi connectivity index (χ1n) is 8.77. The van der Waals surface area contributed by atoms with Gasteiger partial charge in [-0.15, -0.1) is 0 Å². The van der Waals surface area contributed by atoms with Gasteiger partial charge >= 0.3 is 0 Å². The summed E-state index contributed by atoms with van der Waals surface area (Å²) < 4.78 is 5.35. The number of rotatable bonds is 5. The fraction of sp³-hybridized carbons (Fsp3) is 0.400. The summed E-state index contributed by atoms with van der Waals surface area (Å²) >= 11 is 0. The summed E-state index contributed by atoms with van der Waals surface area (Å²) in [5, 5.41) is 6.38. The van der Waals surface area contributed by atoms with Crippen LogP contribution in [0.5, 0.6) is 5.75 Å². The fourth-order valence-electron chi connectivity index (χ4n) is 3.30. The van der Waals surface area contributed by atoms with Crippen LogP contribution in [-0.2, 0) is 6.54 Å². The smallest absolute Gasteiger partial charge is 0.253 e. The topological polar surface area (TPSA) is 63.2 Å². The molecule has 5 heteroatoms. The zero-order valence-corrected chi connectivity index (χ0v) is 14.8. The number of carbonyl (C=O) groups excluding carboxylic acids is 1. The Morgan fingerprint density at radius 1 is 1.24 bits per heavy atom. The van der Waals surface area contributed by atoms with Crippen molar-refractivity contribution in [3.05, 3.63) is 58.9 Å². The van der Waals surface area contributed by atoms with E-state index in [-0.39, 0.29) is 5.91 Å². The van der Waals surface area contributed by atoms with Crippen LogP contribution in [0.4, 0.5) is 0 Å². The van der Waals surface area contributed by atoms with Crippen molar-refractivity contribution in [1.82, 2.24) is 15.6 Å². The number of ether oxygens (including phenoxy) is 1. The Kier molecular flexibility index (Phi) is 5.66. The molecule has 2 aromatic rings. The van der Waals surface area contributed by atoms with Gasteiger partial charge in [0, 0.05) is 23.7 Å². The summed E-state index contributed by atoms with van der Waals surface area (Å²) in [6.07, 6.45) is 2.03. The molecule has 0 atom stereocenters. The summed E-state index contributed by atoms with van der Waals surface area (Å²) in [6.45, 7) is 4.36. The quantitative estimate of drug-likeness (QED) is 0.879. The second-order valence-electron chi connectivity index (χ2n) is 6.40. The molecule has 0 spiro atoms. The third kappa shape index (κ3) is 4.17. The van der Waals surface area contributed by atoms with E-state index < -0.39 is 0 Å². The number of amides is 1. The van der Waals surface area contributed by atoms with E-state index in [0.29, 0.717) is 18.0 Å². The number of pyridine rings is 1. The molecule has 25 heavy (non-hydrogen) atoms. The van der Waals surface area contributed by atoms with Crippen LogP contribution in [0.2, 0.25) is 0 Å². The molecule has 0 saturated carbocycles. The van der Waals surface area contributed by atoms with Crippen molar-refractivity contribution in [3.63, 3.8) is 0 Å². The van der Waals surface area contributed by atoms with Crippen molar-refractivity contribution in [1.29, 1.82) is 0 Å². The van der Waals surface area contributed by atoms with Crippen molar-refractivity contribution < 1.29 is 9.53 Å². The number of para-hydroxylation sites is 1. The van der Waals surface area contributed by atoms with Crippen LogP contribution in [0, 0.1) is 6.92 Å². The van der Waals surface area contributed by atoms with E-state index in [9.17, 15) is 4.79 Å². The number of aromatic nitrogens is 1. The number of aryl methyl sites for hydroxylation is 1. The molecule has 132 valence electrons. The predicted molar refractivity (Wildman–Crippen MR) is 98.0 cm³/mol. The Bertz CT molecular complexity index is 739. The number of nitrogens with one attached hydrogen (secondary N) is 2. The van der Waals surface area contributed by atoms with Gasteiger partial charge in [0.25, 0.3) is 5.91 Å². The summed E-state index contributed by atoms with van der Waals surface area (Å²) in [7, 11) is 1.64. The highest BCUT2D eigenvalue weighted by Gasteiger charge is 2.23. The number of hydrogen-bond acceptors (Lipinski definition) is 4. The van der Waals surface area contributed by atoms with Gasteiger partial charge in [-0.2, -0.15) is 0 Å². The van der Waals surface area contributed by atoms with Gasteiger partial charge < -0.3 is 15.4 Å². The van der Waals surface area contributed by atoms with Gasteiger partial charge in [-0.25, -0.2) is 0 Å². The maximum atomic E-state index is 12.8. The zero-order chi connectivity index (χ0) is 17.6. The maximum absolute atomic E-state index is 12.8. The Balaban J connectivity index is 1.77. The summed E-state index contributed by atoms with van der Waals surface area (Å²) in [4.78, 5) is 17.5. The molecule has 0 aliphatic carbocycles. The van der Waals surface area contributed by atoms with Crippen LogP contribution in [0.25, 0.3) is 0 Å². The third-order valence-electron chi connectivity index (χ3n) is 4.67. The van der Waals surface area contributed by atoms with Crippen LogP contribution in [0.15, 0.2) is 36.4 Å². The molecule has 1 amide bonds. The molecule has 0 unspecified atom stereocenters. The van der Waals surface area contributed by atoms with Gasteiger partial charge in [-0.3, -0.25) is 9.78 Å².